The number of nitriles is 1. The van der Waals surface area contributed by atoms with E-state index in [9.17, 15) is 10.4 Å². The van der Waals surface area contributed by atoms with Gasteiger partial charge in [0.05, 0.1) is 30.8 Å². The van der Waals surface area contributed by atoms with E-state index in [4.69, 9.17) is 26.4 Å². The number of aliphatic imine (C=N–C) groups is 2. The molecule has 0 amide bonds. The zero-order valence-electron chi connectivity index (χ0n) is 15.1. The smallest absolute Gasteiger partial charge is 0.258 e. The van der Waals surface area contributed by atoms with Crippen molar-refractivity contribution in [1.82, 2.24) is 4.57 Å². The van der Waals surface area contributed by atoms with Crippen LogP contribution >= 0.6 is 23.6 Å². The number of nitrogens with zero attached hydrogens (tertiary/aromatic N) is 4. The third kappa shape index (κ3) is 4.28. The molecule has 1 N–H and O–H groups in total. The molecule has 2 aromatic rings. The monoisotopic (exact) mass is 416 g/mol. The van der Waals surface area contributed by atoms with Crippen LogP contribution in [0.15, 0.2) is 40.1 Å². The number of ether oxygens (including phenoxy) is 3. The Morgan fingerprint density at radius 3 is 2.79 bits per heavy atom. The zero-order valence-corrected chi connectivity index (χ0v) is 16.7. The topological polar surface area (TPSA) is 101 Å². The van der Waals surface area contributed by atoms with Gasteiger partial charge in [0.15, 0.2) is 3.95 Å². The van der Waals surface area contributed by atoms with E-state index < -0.39 is 0 Å². The zero-order chi connectivity index (χ0) is 20.1. The molecule has 0 saturated heterocycles. The highest BCUT2D eigenvalue weighted by atomic mass is 32.1. The SMILES string of the molecule is COCCn1c(O)c(C=C2N=C(C#N)C(=Nc3ccc(OC)cc3)O2)sc1=S. The third-order valence-corrected chi connectivity index (χ3v) is 5.09. The number of aromatic nitrogens is 1. The summed E-state index contributed by atoms with van der Waals surface area (Å²) >= 11 is 6.47. The van der Waals surface area contributed by atoms with Crippen LogP contribution in [0.5, 0.6) is 11.6 Å². The van der Waals surface area contributed by atoms with E-state index in [1.54, 1.807) is 43.1 Å². The van der Waals surface area contributed by atoms with Crippen LogP contribution in [0, 0.1) is 15.3 Å². The Labute approximate surface area is 170 Å². The van der Waals surface area contributed by atoms with Gasteiger partial charge in [-0.1, -0.05) is 0 Å². The van der Waals surface area contributed by atoms with Crippen molar-refractivity contribution in [2.45, 2.75) is 6.54 Å². The molecule has 0 unspecified atom stereocenters. The predicted molar refractivity (Wildman–Crippen MR) is 109 cm³/mol. The van der Waals surface area contributed by atoms with Gasteiger partial charge in [0.25, 0.3) is 5.90 Å². The molecule has 1 aliphatic rings. The number of methoxy groups -OCH3 is 2. The Balaban J connectivity index is 1.87. The molecule has 144 valence electrons. The minimum atomic E-state index is -0.00241. The highest BCUT2D eigenvalue weighted by Gasteiger charge is 2.23. The Bertz CT molecular complexity index is 1060. The first-order chi connectivity index (χ1) is 13.5. The summed E-state index contributed by atoms with van der Waals surface area (Å²) < 4.78 is 17.8. The summed E-state index contributed by atoms with van der Waals surface area (Å²) in [6, 6.07) is 8.93. The van der Waals surface area contributed by atoms with Gasteiger partial charge in [-0.05, 0) is 36.5 Å². The quantitative estimate of drug-likeness (QED) is 0.721. The molecule has 1 aromatic heterocycles. The van der Waals surface area contributed by atoms with Crippen LogP contribution < -0.4 is 4.74 Å². The average molecular weight is 416 g/mol. The molecule has 0 fully saturated rings. The van der Waals surface area contributed by atoms with Crippen LogP contribution in [-0.2, 0) is 16.0 Å². The molecule has 0 bridgehead atoms. The number of aromatic hydroxyl groups is 1. The molecular weight excluding hydrogens is 400 g/mol. The van der Waals surface area contributed by atoms with E-state index >= 15 is 0 Å². The molecule has 1 aliphatic heterocycles. The Morgan fingerprint density at radius 2 is 2.14 bits per heavy atom. The fourth-order valence-corrected chi connectivity index (χ4v) is 3.60. The first-order valence-corrected chi connectivity index (χ1v) is 9.31. The molecular formula is C18H16N4O4S2. The van der Waals surface area contributed by atoms with Crippen molar-refractivity contribution < 1.29 is 19.3 Å². The molecule has 0 aliphatic carbocycles. The van der Waals surface area contributed by atoms with Crippen LogP contribution in [0.4, 0.5) is 5.69 Å². The number of thiazole rings is 1. The Hall–Kier alpha value is -3.00. The van der Waals surface area contributed by atoms with E-state index in [-0.39, 0.29) is 23.4 Å². The summed E-state index contributed by atoms with van der Waals surface area (Å²) in [5.74, 6) is 0.924. The van der Waals surface area contributed by atoms with Crippen molar-refractivity contribution in [3.63, 3.8) is 0 Å². The second-order valence-corrected chi connectivity index (χ2v) is 7.15. The van der Waals surface area contributed by atoms with Crippen molar-refractivity contribution in [3.8, 4) is 17.7 Å². The summed E-state index contributed by atoms with van der Waals surface area (Å²) in [5, 5.41) is 19.7. The predicted octanol–water partition coefficient (Wildman–Crippen LogP) is 3.66. The number of hydrogen-bond donors (Lipinski definition) is 1. The van der Waals surface area contributed by atoms with Gasteiger partial charge in [0.2, 0.25) is 17.5 Å². The summed E-state index contributed by atoms with van der Waals surface area (Å²) in [6.07, 6.45) is 1.52. The van der Waals surface area contributed by atoms with Gasteiger partial charge in [-0.2, -0.15) is 10.3 Å². The molecule has 10 heteroatoms. The summed E-state index contributed by atoms with van der Waals surface area (Å²) in [5.41, 5.74) is 0.633. The molecule has 0 radical (unpaired) electrons. The van der Waals surface area contributed by atoms with Gasteiger partial charge in [-0.3, -0.25) is 4.57 Å². The molecule has 3 rings (SSSR count). The maximum Gasteiger partial charge on any atom is 0.258 e. The summed E-state index contributed by atoms with van der Waals surface area (Å²) in [7, 11) is 3.15. The maximum atomic E-state index is 10.4. The minimum absolute atomic E-state index is 0.00241. The van der Waals surface area contributed by atoms with Crippen LogP contribution in [0.2, 0.25) is 0 Å². The van der Waals surface area contributed by atoms with Crippen molar-refractivity contribution in [2.75, 3.05) is 20.8 Å². The van der Waals surface area contributed by atoms with Crippen LogP contribution in [0.3, 0.4) is 0 Å². The van der Waals surface area contributed by atoms with Crippen LogP contribution in [-0.4, -0.2) is 42.1 Å². The molecule has 0 spiro atoms. The van der Waals surface area contributed by atoms with E-state index in [1.807, 2.05) is 6.07 Å². The number of benzene rings is 1. The number of rotatable bonds is 6. The van der Waals surface area contributed by atoms with E-state index in [0.717, 1.165) is 0 Å². The highest BCUT2D eigenvalue weighted by Crippen LogP contribution is 2.30. The molecule has 2 heterocycles. The van der Waals surface area contributed by atoms with Gasteiger partial charge in [-0.15, -0.1) is 11.3 Å². The van der Waals surface area contributed by atoms with E-state index in [2.05, 4.69) is 9.98 Å². The van der Waals surface area contributed by atoms with Crippen molar-refractivity contribution >= 4 is 46.9 Å². The summed E-state index contributed by atoms with van der Waals surface area (Å²) in [6.45, 7) is 0.846. The van der Waals surface area contributed by atoms with Crippen LogP contribution in [0.25, 0.3) is 6.08 Å². The molecule has 1 aromatic carbocycles. The maximum absolute atomic E-state index is 10.4. The van der Waals surface area contributed by atoms with E-state index in [1.165, 1.54) is 17.4 Å². The lowest BCUT2D eigenvalue weighted by Gasteiger charge is -2.03. The first kappa shape index (κ1) is 19.8. The standard InChI is InChI=1S/C18H16N4O4S2/c1-24-8-7-22-17(23)14(28-18(22)27)9-15-21-13(10-19)16(26-15)20-11-3-5-12(25-2)6-4-11/h3-6,9,23H,7-8H2,1-2H3. The summed E-state index contributed by atoms with van der Waals surface area (Å²) in [4.78, 5) is 8.90. The fraction of sp³-hybridized carbons (Fsp3) is 0.222. The van der Waals surface area contributed by atoms with Crippen molar-refractivity contribution in [2.24, 2.45) is 9.98 Å². The van der Waals surface area contributed by atoms with Gasteiger partial charge in [0.1, 0.15) is 11.8 Å². The lowest BCUT2D eigenvalue weighted by molar-refractivity contribution is 0.183. The first-order valence-electron chi connectivity index (χ1n) is 8.08. The second-order valence-electron chi connectivity index (χ2n) is 5.47. The van der Waals surface area contributed by atoms with Gasteiger partial charge in [0, 0.05) is 13.2 Å². The van der Waals surface area contributed by atoms with Crippen molar-refractivity contribution in [3.05, 3.63) is 39.0 Å². The van der Waals surface area contributed by atoms with Gasteiger partial charge < -0.3 is 19.3 Å². The molecule has 0 atom stereocenters. The third-order valence-electron chi connectivity index (χ3n) is 3.70. The van der Waals surface area contributed by atoms with Gasteiger partial charge in [-0.25, -0.2) is 4.99 Å². The van der Waals surface area contributed by atoms with Crippen LogP contribution in [0.1, 0.15) is 4.88 Å². The number of hydrogen-bond acceptors (Lipinski definition) is 9. The molecule has 28 heavy (non-hydrogen) atoms. The Morgan fingerprint density at radius 1 is 1.39 bits per heavy atom. The molecule has 0 saturated carbocycles. The second kappa shape index (κ2) is 8.79. The van der Waals surface area contributed by atoms with Gasteiger partial charge >= 0.3 is 0 Å². The minimum Gasteiger partial charge on any atom is -0.497 e. The normalized spacial score (nSPS) is 16.1. The molecule has 8 nitrogen and oxygen atoms in total. The largest absolute Gasteiger partial charge is 0.497 e. The lowest BCUT2D eigenvalue weighted by Crippen LogP contribution is -2.07. The van der Waals surface area contributed by atoms with Crippen molar-refractivity contribution in [1.29, 1.82) is 5.26 Å². The Kier molecular flexibility index (Phi) is 6.20. The fourth-order valence-electron chi connectivity index (χ4n) is 2.31. The average Bonchev–Trinajstić information content (AvgIpc) is 3.21. The lowest BCUT2D eigenvalue weighted by atomic mass is 10.3. The highest BCUT2D eigenvalue weighted by molar-refractivity contribution is 7.73. The van der Waals surface area contributed by atoms with E-state index in [0.29, 0.717) is 33.4 Å².